The van der Waals surface area contributed by atoms with Gasteiger partial charge in [-0.1, -0.05) is 39.0 Å². The molecule has 2 aromatic rings. The Morgan fingerprint density at radius 1 is 1.21 bits per heavy atom. The Kier molecular flexibility index (Phi) is 5.27. The van der Waals surface area contributed by atoms with E-state index in [-0.39, 0.29) is 17.2 Å². The fourth-order valence-corrected chi connectivity index (χ4v) is 3.13. The molecule has 0 aliphatic carbocycles. The second kappa shape index (κ2) is 7.50. The fraction of sp³-hybridized carbons (Fsp3) is 0.304. The van der Waals surface area contributed by atoms with Crippen LogP contribution in [-0.2, 0) is 10.2 Å². The van der Waals surface area contributed by atoms with Crippen LogP contribution < -0.4 is 15.0 Å². The van der Waals surface area contributed by atoms with Crippen LogP contribution in [0.1, 0.15) is 43.6 Å². The molecule has 1 atom stereocenters. The van der Waals surface area contributed by atoms with Gasteiger partial charge in [-0.15, -0.1) is 6.58 Å². The molecule has 28 heavy (non-hydrogen) atoms. The van der Waals surface area contributed by atoms with Crippen molar-refractivity contribution in [2.75, 3.05) is 16.8 Å². The smallest absolute Gasteiger partial charge is 0.268 e. The molecule has 3 rings (SSSR count). The van der Waals surface area contributed by atoms with Crippen LogP contribution in [0.2, 0.25) is 0 Å². The zero-order chi connectivity index (χ0) is 20.5. The normalized spacial score (nSPS) is 16.2. The van der Waals surface area contributed by atoms with E-state index in [2.05, 4.69) is 32.7 Å². The van der Waals surface area contributed by atoms with E-state index >= 15 is 0 Å². The Balaban J connectivity index is 1.83. The second-order valence-corrected chi connectivity index (χ2v) is 7.96. The van der Waals surface area contributed by atoms with E-state index in [9.17, 15) is 9.59 Å². The summed E-state index contributed by atoms with van der Waals surface area (Å²) in [6.07, 6.45) is 1.12. The molecule has 0 aromatic heterocycles. The Labute approximate surface area is 166 Å². The first-order valence-electron chi connectivity index (χ1n) is 9.35. The van der Waals surface area contributed by atoms with E-state index in [4.69, 9.17) is 4.74 Å². The van der Waals surface area contributed by atoms with Gasteiger partial charge in [-0.2, -0.15) is 0 Å². The molecule has 0 spiro atoms. The minimum absolute atomic E-state index is 0.0335. The summed E-state index contributed by atoms with van der Waals surface area (Å²) in [4.78, 5) is 26.7. The molecule has 0 fully saturated rings. The molecule has 0 bridgehead atoms. The zero-order valence-corrected chi connectivity index (χ0v) is 16.8. The first-order valence-corrected chi connectivity index (χ1v) is 9.35. The summed E-state index contributed by atoms with van der Waals surface area (Å²) in [7, 11) is 0. The van der Waals surface area contributed by atoms with Gasteiger partial charge in [-0.05, 0) is 48.2 Å². The van der Waals surface area contributed by atoms with Gasteiger partial charge in [0.25, 0.3) is 11.8 Å². The lowest BCUT2D eigenvalue weighted by atomic mass is 9.87. The molecular weight excluding hydrogens is 352 g/mol. The summed E-state index contributed by atoms with van der Waals surface area (Å²) in [6.45, 7) is 12.2. The molecular formula is C23H26N2O3. The number of rotatable bonds is 4. The first kappa shape index (κ1) is 19.7. The van der Waals surface area contributed by atoms with Gasteiger partial charge < -0.3 is 15.0 Å². The Bertz CT molecular complexity index is 910. The molecule has 1 aliphatic heterocycles. The quantitative estimate of drug-likeness (QED) is 0.795. The predicted molar refractivity (Wildman–Crippen MR) is 112 cm³/mol. The Morgan fingerprint density at radius 2 is 1.89 bits per heavy atom. The third-order valence-corrected chi connectivity index (χ3v) is 4.75. The van der Waals surface area contributed by atoms with Crippen molar-refractivity contribution >= 4 is 23.2 Å². The van der Waals surface area contributed by atoms with E-state index in [1.165, 1.54) is 5.56 Å². The number of anilines is 2. The number of nitrogens with one attached hydrogen (secondary N) is 1. The minimum Gasteiger partial charge on any atom is -0.479 e. The van der Waals surface area contributed by atoms with Crippen LogP contribution in [0.5, 0.6) is 5.75 Å². The summed E-state index contributed by atoms with van der Waals surface area (Å²) in [5.41, 5.74) is 3.01. The molecule has 5 heteroatoms. The lowest BCUT2D eigenvalue weighted by molar-refractivity contribution is -0.125. The topological polar surface area (TPSA) is 58.6 Å². The van der Waals surface area contributed by atoms with E-state index in [0.717, 1.165) is 0 Å². The first-order chi connectivity index (χ1) is 13.2. The van der Waals surface area contributed by atoms with Crippen molar-refractivity contribution in [3.8, 4) is 5.75 Å². The lowest BCUT2D eigenvalue weighted by Crippen LogP contribution is -2.44. The monoisotopic (exact) mass is 378 g/mol. The van der Waals surface area contributed by atoms with Gasteiger partial charge in [0.05, 0.1) is 5.69 Å². The van der Waals surface area contributed by atoms with E-state index in [1.807, 2.05) is 24.3 Å². The molecule has 1 aliphatic rings. The van der Waals surface area contributed by atoms with Gasteiger partial charge in [-0.3, -0.25) is 9.59 Å². The molecule has 146 valence electrons. The minimum atomic E-state index is -0.547. The van der Waals surface area contributed by atoms with Gasteiger partial charge in [0, 0.05) is 17.8 Å². The number of fused-ring (bicyclic) bond motifs is 1. The standard InChI is InChI=1S/C23H26N2O3/c1-6-13-25-19-14-18(11-12-20(19)28-15(2)22(25)27)24-21(26)16-7-9-17(10-8-16)23(3,4)5/h6-12,14-15H,1,13H2,2-5H3,(H,24,26). The second-order valence-electron chi connectivity index (χ2n) is 7.96. The maximum Gasteiger partial charge on any atom is 0.268 e. The molecule has 0 saturated heterocycles. The highest BCUT2D eigenvalue weighted by Gasteiger charge is 2.31. The van der Waals surface area contributed by atoms with Crippen molar-refractivity contribution in [1.29, 1.82) is 0 Å². The van der Waals surface area contributed by atoms with Gasteiger partial charge in [0.2, 0.25) is 0 Å². The van der Waals surface area contributed by atoms with Crippen LogP contribution in [0.25, 0.3) is 0 Å². The van der Waals surface area contributed by atoms with Crippen LogP contribution in [0.3, 0.4) is 0 Å². The zero-order valence-electron chi connectivity index (χ0n) is 16.8. The van der Waals surface area contributed by atoms with Gasteiger partial charge in [0.15, 0.2) is 6.10 Å². The molecule has 2 aromatic carbocycles. The van der Waals surface area contributed by atoms with Crippen LogP contribution in [0.15, 0.2) is 55.1 Å². The summed E-state index contributed by atoms with van der Waals surface area (Å²) in [5, 5.41) is 2.90. The van der Waals surface area contributed by atoms with Crippen molar-refractivity contribution < 1.29 is 14.3 Å². The highest BCUT2D eigenvalue weighted by Crippen LogP contribution is 2.36. The number of benzene rings is 2. The average molecular weight is 378 g/mol. The van der Waals surface area contributed by atoms with Crippen molar-refractivity contribution in [3.05, 3.63) is 66.2 Å². The number of ether oxygens (including phenoxy) is 1. The number of carbonyl (C=O) groups is 2. The Hall–Kier alpha value is -3.08. The van der Waals surface area contributed by atoms with Crippen LogP contribution in [-0.4, -0.2) is 24.5 Å². The van der Waals surface area contributed by atoms with Crippen molar-refractivity contribution in [2.24, 2.45) is 0 Å². The average Bonchev–Trinajstić information content (AvgIpc) is 2.65. The van der Waals surface area contributed by atoms with Crippen LogP contribution in [0.4, 0.5) is 11.4 Å². The summed E-state index contributed by atoms with van der Waals surface area (Å²) in [6, 6.07) is 12.9. The maximum atomic E-state index is 12.6. The highest BCUT2D eigenvalue weighted by molar-refractivity contribution is 6.05. The predicted octanol–water partition coefficient (Wildman–Crippen LogP) is 4.54. The third-order valence-electron chi connectivity index (χ3n) is 4.75. The number of amides is 2. The SMILES string of the molecule is C=CCN1C(=O)C(C)Oc2ccc(NC(=O)c3ccc(C(C)(C)C)cc3)cc21. The van der Waals surface area contributed by atoms with Crippen LogP contribution >= 0.6 is 0 Å². The summed E-state index contributed by atoms with van der Waals surface area (Å²) in [5.74, 6) is 0.280. The molecule has 0 saturated carbocycles. The third kappa shape index (κ3) is 3.93. The molecule has 1 N–H and O–H groups in total. The molecule has 0 radical (unpaired) electrons. The van der Waals surface area contributed by atoms with E-state index < -0.39 is 6.10 Å². The molecule has 1 unspecified atom stereocenters. The number of carbonyl (C=O) groups excluding carboxylic acids is 2. The molecule has 2 amide bonds. The highest BCUT2D eigenvalue weighted by atomic mass is 16.5. The number of hydrogen-bond acceptors (Lipinski definition) is 3. The fourth-order valence-electron chi connectivity index (χ4n) is 3.13. The van der Waals surface area contributed by atoms with E-state index in [0.29, 0.717) is 29.2 Å². The summed E-state index contributed by atoms with van der Waals surface area (Å²) < 4.78 is 5.67. The van der Waals surface area contributed by atoms with Crippen LogP contribution in [0, 0.1) is 0 Å². The van der Waals surface area contributed by atoms with Crippen molar-refractivity contribution in [3.63, 3.8) is 0 Å². The van der Waals surface area contributed by atoms with E-state index in [1.54, 1.807) is 36.1 Å². The Morgan fingerprint density at radius 3 is 2.50 bits per heavy atom. The maximum absolute atomic E-state index is 12.6. The van der Waals surface area contributed by atoms with Crippen molar-refractivity contribution in [2.45, 2.75) is 39.2 Å². The largest absolute Gasteiger partial charge is 0.479 e. The van der Waals surface area contributed by atoms with Gasteiger partial charge >= 0.3 is 0 Å². The van der Waals surface area contributed by atoms with Gasteiger partial charge in [0.1, 0.15) is 5.75 Å². The molecule has 1 heterocycles. The van der Waals surface area contributed by atoms with Crippen molar-refractivity contribution in [1.82, 2.24) is 0 Å². The number of hydrogen-bond donors (Lipinski definition) is 1. The lowest BCUT2D eigenvalue weighted by Gasteiger charge is -2.32. The van der Waals surface area contributed by atoms with Gasteiger partial charge in [-0.25, -0.2) is 0 Å². The summed E-state index contributed by atoms with van der Waals surface area (Å²) >= 11 is 0. The molecule has 5 nitrogen and oxygen atoms in total. The number of nitrogens with zero attached hydrogens (tertiary/aromatic N) is 1.